The molecule has 0 aliphatic rings. The van der Waals surface area contributed by atoms with Crippen LogP contribution >= 0.6 is 0 Å². The minimum atomic E-state index is -1.24. The molecule has 0 aliphatic heterocycles. The summed E-state index contributed by atoms with van der Waals surface area (Å²) in [7, 11) is 0. The third kappa shape index (κ3) is 16.7. The van der Waals surface area contributed by atoms with Gasteiger partial charge in [-0.05, 0) is 32.1 Å². The van der Waals surface area contributed by atoms with Crippen molar-refractivity contribution in [2.45, 2.75) is 84.0 Å². The maximum absolute atomic E-state index is 11.2. The Balaban J connectivity index is 3.21. The van der Waals surface area contributed by atoms with Crippen molar-refractivity contribution in [3.05, 3.63) is 12.2 Å². The SMILES string of the molecule is CCCCCC/C=C\CCCCCCCC(=O)NCC(=O)[O-]. The third-order valence-corrected chi connectivity index (χ3v) is 3.60. The quantitative estimate of drug-likeness (QED) is 0.373. The zero-order valence-electron chi connectivity index (χ0n) is 14.1. The topological polar surface area (TPSA) is 69.2 Å². The van der Waals surface area contributed by atoms with Crippen LogP contribution in [0, 0.1) is 0 Å². The number of carboxylic acids is 1. The molecule has 0 aliphatic carbocycles. The molecular weight excluding hydrogens is 278 g/mol. The number of amides is 1. The second kappa shape index (κ2) is 16.1. The van der Waals surface area contributed by atoms with Gasteiger partial charge in [0.15, 0.2) is 0 Å². The van der Waals surface area contributed by atoms with Gasteiger partial charge in [0.05, 0.1) is 12.5 Å². The van der Waals surface area contributed by atoms with Crippen LogP contribution in [-0.2, 0) is 9.59 Å². The van der Waals surface area contributed by atoms with Gasteiger partial charge in [0, 0.05) is 6.42 Å². The molecule has 0 aromatic heterocycles. The Labute approximate surface area is 135 Å². The van der Waals surface area contributed by atoms with Crippen LogP contribution in [0.3, 0.4) is 0 Å². The van der Waals surface area contributed by atoms with Crippen molar-refractivity contribution in [1.82, 2.24) is 5.32 Å². The van der Waals surface area contributed by atoms with Crippen LogP contribution in [0.25, 0.3) is 0 Å². The fourth-order valence-electron chi connectivity index (χ4n) is 2.26. The van der Waals surface area contributed by atoms with E-state index in [1.807, 2.05) is 0 Å². The average molecular weight is 310 g/mol. The second-order valence-corrected chi connectivity index (χ2v) is 5.78. The van der Waals surface area contributed by atoms with Crippen molar-refractivity contribution in [3.8, 4) is 0 Å². The monoisotopic (exact) mass is 310 g/mol. The summed E-state index contributed by atoms with van der Waals surface area (Å²) in [4.78, 5) is 21.4. The summed E-state index contributed by atoms with van der Waals surface area (Å²) in [6.07, 6.45) is 18.1. The lowest BCUT2D eigenvalue weighted by molar-refractivity contribution is -0.304. The third-order valence-electron chi connectivity index (χ3n) is 3.60. The minimum absolute atomic E-state index is 0.199. The van der Waals surface area contributed by atoms with Crippen LogP contribution in [0.4, 0.5) is 0 Å². The molecule has 0 fully saturated rings. The fraction of sp³-hybridized carbons (Fsp3) is 0.778. The molecule has 0 aromatic carbocycles. The van der Waals surface area contributed by atoms with Crippen LogP contribution in [-0.4, -0.2) is 18.4 Å². The molecule has 0 rings (SSSR count). The lowest BCUT2D eigenvalue weighted by atomic mass is 10.1. The van der Waals surface area contributed by atoms with Crippen LogP contribution in [0.15, 0.2) is 12.2 Å². The maximum Gasteiger partial charge on any atom is 0.220 e. The van der Waals surface area contributed by atoms with Crippen LogP contribution in [0.1, 0.15) is 84.0 Å². The van der Waals surface area contributed by atoms with E-state index in [-0.39, 0.29) is 12.5 Å². The highest BCUT2D eigenvalue weighted by Gasteiger charge is 2.00. The number of hydrogen-bond donors (Lipinski definition) is 1. The summed E-state index contributed by atoms with van der Waals surface area (Å²) in [5.74, 6) is -1.44. The maximum atomic E-state index is 11.2. The molecule has 4 heteroatoms. The molecule has 1 amide bonds. The summed E-state index contributed by atoms with van der Waals surface area (Å²) in [6, 6.07) is 0. The van der Waals surface area contributed by atoms with Gasteiger partial charge in [-0.3, -0.25) is 4.79 Å². The number of allylic oxidation sites excluding steroid dienone is 2. The van der Waals surface area contributed by atoms with Crippen LogP contribution in [0.2, 0.25) is 0 Å². The van der Waals surface area contributed by atoms with Crippen molar-refractivity contribution >= 4 is 11.9 Å². The zero-order chi connectivity index (χ0) is 16.5. The molecule has 0 atom stereocenters. The van der Waals surface area contributed by atoms with E-state index < -0.39 is 5.97 Å². The van der Waals surface area contributed by atoms with Crippen LogP contribution < -0.4 is 10.4 Å². The summed E-state index contributed by atoms with van der Waals surface area (Å²) >= 11 is 0. The number of nitrogens with one attached hydrogen (secondary N) is 1. The molecule has 0 saturated heterocycles. The van der Waals surface area contributed by atoms with E-state index in [9.17, 15) is 14.7 Å². The fourth-order valence-corrected chi connectivity index (χ4v) is 2.26. The predicted molar refractivity (Wildman–Crippen MR) is 88.2 cm³/mol. The van der Waals surface area contributed by atoms with Gasteiger partial charge in [-0.15, -0.1) is 0 Å². The summed E-state index contributed by atoms with van der Waals surface area (Å²) < 4.78 is 0. The van der Waals surface area contributed by atoms with E-state index in [4.69, 9.17) is 0 Å². The molecule has 0 aromatic rings. The average Bonchev–Trinajstić information content (AvgIpc) is 2.49. The highest BCUT2D eigenvalue weighted by atomic mass is 16.4. The summed E-state index contributed by atoms with van der Waals surface area (Å²) in [6.45, 7) is 1.85. The molecule has 0 bridgehead atoms. The Morgan fingerprint density at radius 2 is 1.41 bits per heavy atom. The number of carboxylic acid groups (broad SMARTS) is 1. The van der Waals surface area contributed by atoms with Gasteiger partial charge >= 0.3 is 0 Å². The Kier molecular flexibility index (Phi) is 15.1. The van der Waals surface area contributed by atoms with E-state index in [1.165, 1.54) is 44.9 Å². The first-order valence-corrected chi connectivity index (χ1v) is 8.78. The molecule has 0 heterocycles. The molecule has 1 N–H and O–H groups in total. The molecule has 128 valence electrons. The van der Waals surface area contributed by atoms with Gasteiger partial charge in [-0.1, -0.05) is 57.6 Å². The van der Waals surface area contributed by atoms with Gasteiger partial charge in [0.25, 0.3) is 0 Å². The molecule has 0 saturated carbocycles. The summed E-state index contributed by atoms with van der Waals surface area (Å²) in [5, 5.41) is 12.5. The highest BCUT2D eigenvalue weighted by Crippen LogP contribution is 2.08. The molecule has 0 unspecified atom stereocenters. The van der Waals surface area contributed by atoms with Crippen molar-refractivity contribution in [1.29, 1.82) is 0 Å². The van der Waals surface area contributed by atoms with Gasteiger partial charge in [-0.25, -0.2) is 0 Å². The molecular formula is C18H32NO3-. The van der Waals surface area contributed by atoms with Gasteiger partial charge < -0.3 is 15.2 Å². The Morgan fingerprint density at radius 3 is 2.00 bits per heavy atom. The highest BCUT2D eigenvalue weighted by molar-refractivity contribution is 5.80. The van der Waals surface area contributed by atoms with Crippen LogP contribution in [0.5, 0.6) is 0 Å². The number of aliphatic carboxylic acids is 1. The van der Waals surface area contributed by atoms with Crippen molar-refractivity contribution < 1.29 is 14.7 Å². The zero-order valence-corrected chi connectivity index (χ0v) is 14.1. The van der Waals surface area contributed by atoms with E-state index >= 15 is 0 Å². The van der Waals surface area contributed by atoms with Crippen molar-refractivity contribution in [3.63, 3.8) is 0 Å². The minimum Gasteiger partial charge on any atom is -0.548 e. The van der Waals surface area contributed by atoms with E-state index in [0.717, 1.165) is 25.7 Å². The van der Waals surface area contributed by atoms with Crippen molar-refractivity contribution in [2.24, 2.45) is 0 Å². The molecule has 22 heavy (non-hydrogen) atoms. The Hall–Kier alpha value is -1.32. The van der Waals surface area contributed by atoms with E-state index in [1.54, 1.807) is 0 Å². The normalized spacial score (nSPS) is 11.0. The molecule has 0 spiro atoms. The Bertz CT molecular complexity index is 313. The smallest absolute Gasteiger partial charge is 0.220 e. The first-order valence-electron chi connectivity index (χ1n) is 8.78. The predicted octanol–water partition coefficient (Wildman–Crippen LogP) is 3.11. The van der Waals surface area contributed by atoms with E-state index in [2.05, 4.69) is 24.4 Å². The standard InChI is InChI=1S/C18H33NO3/c1-2-3-4-5-6-7-8-9-10-11-12-13-14-15-17(20)19-16-18(21)22/h7-8H,2-6,9-16H2,1H3,(H,19,20)(H,21,22)/p-1/b8-7-. The lowest BCUT2D eigenvalue weighted by Gasteiger charge is -2.05. The van der Waals surface area contributed by atoms with E-state index in [0.29, 0.717) is 6.42 Å². The number of carbonyl (C=O) groups is 2. The van der Waals surface area contributed by atoms with Gasteiger partial charge in [0.1, 0.15) is 0 Å². The lowest BCUT2D eigenvalue weighted by Crippen LogP contribution is -2.37. The Morgan fingerprint density at radius 1 is 0.864 bits per heavy atom. The largest absolute Gasteiger partial charge is 0.548 e. The molecule has 0 radical (unpaired) electrons. The number of unbranched alkanes of at least 4 members (excludes halogenated alkanes) is 9. The first-order chi connectivity index (χ1) is 10.7. The van der Waals surface area contributed by atoms with Gasteiger partial charge in [0.2, 0.25) is 5.91 Å². The van der Waals surface area contributed by atoms with Crippen molar-refractivity contribution in [2.75, 3.05) is 6.54 Å². The number of hydrogen-bond acceptors (Lipinski definition) is 3. The summed E-state index contributed by atoms with van der Waals surface area (Å²) in [5.41, 5.74) is 0. The first kappa shape index (κ1) is 20.7. The second-order valence-electron chi connectivity index (χ2n) is 5.78. The van der Waals surface area contributed by atoms with Gasteiger partial charge in [-0.2, -0.15) is 0 Å². The number of carbonyl (C=O) groups excluding carboxylic acids is 2. The molecule has 4 nitrogen and oxygen atoms in total. The number of rotatable bonds is 15.